The third kappa shape index (κ3) is 3.61. The number of allylic oxidation sites excluding steroid dienone is 3. The number of aliphatic imine (C=N–C) groups is 1. The Morgan fingerprint density at radius 1 is 1.38 bits per heavy atom. The number of aromatic hydroxyl groups is 1. The maximum Gasteiger partial charge on any atom is 0.200 e. The zero-order valence-corrected chi connectivity index (χ0v) is 13.0. The molecular weight excluding hydrogens is 286 g/mol. The number of phenolic OH excluding ortho intramolecular Hbond substituents is 1. The van der Waals surface area contributed by atoms with Gasteiger partial charge in [-0.1, -0.05) is 24.8 Å². The summed E-state index contributed by atoms with van der Waals surface area (Å²) in [5.74, 6) is 0.872. The smallest absolute Gasteiger partial charge is 0.200 e. The molecule has 1 atom stereocenters. The molecule has 0 bridgehead atoms. The lowest BCUT2D eigenvalue weighted by Crippen LogP contribution is -1.98. The van der Waals surface area contributed by atoms with Gasteiger partial charge in [0.15, 0.2) is 11.5 Å². The van der Waals surface area contributed by atoms with Crippen molar-refractivity contribution in [1.29, 1.82) is 0 Å². The highest BCUT2D eigenvalue weighted by atomic mass is 32.2. The van der Waals surface area contributed by atoms with E-state index in [-0.39, 0.29) is 11.0 Å². The highest BCUT2D eigenvalue weighted by Gasteiger charge is 2.23. The minimum atomic E-state index is 0.0294. The van der Waals surface area contributed by atoms with Gasteiger partial charge in [-0.3, -0.25) is 4.99 Å². The zero-order valence-electron chi connectivity index (χ0n) is 12.2. The van der Waals surface area contributed by atoms with E-state index in [1.807, 2.05) is 24.3 Å². The fourth-order valence-electron chi connectivity index (χ4n) is 2.07. The van der Waals surface area contributed by atoms with Crippen LogP contribution < -0.4 is 9.47 Å². The maximum absolute atomic E-state index is 9.95. The van der Waals surface area contributed by atoms with E-state index in [1.54, 1.807) is 17.8 Å². The average molecular weight is 305 g/mol. The van der Waals surface area contributed by atoms with Gasteiger partial charge in [-0.2, -0.15) is 0 Å². The zero-order chi connectivity index (χ0) is 15.2. The predicted molar refractivity (Wildman–Crippen MR) is 87.8 cm³/mol. The molecule has 0 fully saturated rings. The van der Waals surface area contributed by atoms with Gasteiger partial charge in [-0.05, 0) is 17.7 Å². The molecular formula is C16H19NO3S. The largest absolute Gasteiger partial charge is 0.502 e. The summed E-state index contributed by atoms with van der Waals surface area (Å²) in [4.78, 5) is 4.55. The molecule has 1 aromatic carbocycles. The van der Waals surface area contributed by atoms with Crippen LogP contribution in [-0.2, 0) is 0 Å². The molecule has 0 radical (unpaired) electrons. The van der Waals surface area contributed by atoms with Crippen molar-refractivity contribution in [2.45, 2.75) is 11.7 Å². The molecule has 1 heterocycles. The van der Waals surface area contributed by atoms with Gasteiger partial charge in [0.1, 0.15) is 0 Å². The second-order valence-electron chi connectivity index (χ2n) is 4.48. The fraction of sp³-hybridized carbons (Fsp3) is 0.312. The molecule has 0 saturated carbocycles. The molecule has 4 nitrogen and oxygen atoms in total. The van der Waals surface area contributed by atoms with E-state index in [1.165, 1.54) is 14.2 Å². The van der Waals surface area contributed by atoms with Crippen molar-refractivity contribution in [1.82, 2.24) is 0 Å². The Morgan fingerprint density at radius 3 is 2.62 bits per heavy atom. The van der Waals surface area contributed by atoms with Crippen molar-refractivity contribution in [3.63, 3.8) is 0 Å². The Bertz CT molecular complexity index is 556. The monoisotopic (exact) mass is 305 g/mol. The molecule has 2 rings (SSSR count). The summed E-state index contributed by atoms with van der Waals surface area (Å²) >= 11 is 1.73. The van der Waals surface area contributed by atoms with Crippen molar-refractivity contribution in [2.75, 3.05) is 20.8 Å². The molecule has 0 amide bonds. The van der Waals surface area contributed by atoms with Gasteiger partial charge in [-0.25, -0.2) is 0 Å². The predicted octanol–water partition coefficient (Wildman–Crippen LogP) is 3.73. The maximum atomic E-state index is 9.95. The van der Waals surface area contributed by atoms with Crippen LogP contribution in [0.4, 0.5) is 0 Å². The number of rotatable bonds is 6. The van der Waals surface area contributed by atoms with Gasteiger partial charge in [0.25, 0.3) is 0 Å². The molecule has 5 heteroatoms. The standard InChI is InChI=1S/C16H19NO3S/c1-4-5-6-7-15-17-10-14(21-15)11-8-12(19-2)16(18)13(9-11)20-3/h4-6,8-9,14,18H,1,7,10H2,2-3H3. The molecule has 1 aliphatic heterocycles. The number of nitrogens with zero attached hydrogens (tertiary/aromatic N) is 1. The minimum Gasteiger partial charge on any atom is -0.502 e. The lowest BCUT2D eigenvalue weighted by Gasteiger charge is -2.14. The van der Waals surface area contributed by atoms with Crippen LogP contribution >= 0.6 is 11.8 Å². The molecule has 0 aliphatic carbocycles. The van der Waals surface area contributed by atoms with E-state index in [2.05, 4.69) is 11.6 Å². The summed E-state index contributed by atoms with van der Waals surface area (Å²) in [5.41, 5.74) is 1.04. The highest BCUT2D eigenvalue weighted by Crippen LogP contribution is 2.43. The quantitative estimate of drug-likeness (QED) is 0.814. The molecule has 0 spiro atoms. The third-order valence-electron chi connectivity index (χ3n) is 3.15. The topological polar surface area (TPSA) is 51.0 Å². The van der Waals surface area contributed by atoms with Crippen LogP contribution in [0.15, 0.2) is 41.9 Å². The van der Waals surface area contributed by atoms with Crippen LogP contribution in [0.2, 0.25) is 0 Å². The molecule has 0 saturated heterocycles. The lowest BCUT2D eigenvalue weighted by atomic mass is 10.1. The van der Waals surface area contributed by atoms with Crippen LogP contribution in [-0.4, -0.2) is 30.9 Å². The first kappa shape index (κ1) is 15.5. The Morgan fingerprint density at radius 2 is 2.05 bits per heavy atom. The van der Waals surface area contributed by atoms with Crippen LogP contribution in [0.1, 0.15) is 17.2 Å². The lowest BCUT2D eigenvalue weighted by molar-refractivity contribution is 0.339. The van der Waals surface area contributed by atoms with E-state index in [4.69, 9.17) is 9.47 Å². The van der Waals surface area contributed by atoms with E-state index in [0.717, 1.165) is 23.6 Å². The molecule has 1 N–H and O–H groups in total. The normalized spacial score (nSPS) is 17.8. The number of hydrogen-bond acceptors (Lipinski definition) is 5. The van der Waals surface area contributed by atoms with Crippen LogP contribution in [0.3, 0.4) is 0 Å². The second-order valence-corrected chi connectivity index (χ2v) is 5.76. The van der Waals surface area contributed by atoms with Gasteiger partial charge in [0.05, 0.1) is 31.1 Å². The summed E-state index contributed by atoms with van der Waals surface area (Å²) in [7, 11) is 3.06. The van der Waals surface area contributed by atoms with Crippen molar-refractivity contribution in [3.8, 4) is 17.2 Å². The Labute approximate surface area is 129 Å². The summed E-state index contributed by atoms with van der Waals surface area (Å²) in [6.45, 7) is 4.37. The molecule has 112 valence electrons. The Balaban J connectivity index is 2.14. The summed E-state index contributed by atoms with van der Waals surface area (Å²) in [5, 5.41) is 11.3. The molecule has 1 unspecified atom stereocenters. The summed E-state index contributed by atoms with van der Waals surface area (Å²) in [6, 6.07) is 3.68. The number of methoxy groups -OCH3 is 2. The van der Waals surface area contributed by atoms with Crippen molar-refractivity contribution in [2.24, 2.45) is 4.99 Å². The second kappa shape index (κ2) is 7.22. The number of phenols is 1. The Hall–Kier alpha value is -1.88. The number of ether oxygens (including phenoxy) is 2. The van der Waals surface area contributed by atoms with Crippen molar-refractivity contribution in [3.05, 3.63) is 42.5 Å². The Kier molecular flexibility index (Phi) is 5.33. The van der Waals surface area contributed by atoms with Crippen LogP contribution in [0.25, 0.3) is 0 Å². The van der Waals surface area contributed by atoms with Gasteiger partial charge in [0, 0.05) is 6.42 Å². The van der Waals surface area contributed by atoms with Crippen molar-refractivity contribution >= 4 is 16.8 Å². The highest BCUT2D eigenvalue weighted by molar-refractivity contribution is 8.14. The summed E-state index contributed by atoms with van der Waals surface area (Å²) in [6.07, 6.45) is 6.54. The average Bonchev–Trinajstić information content (AvgIpc) is 2.96. The van der Waals surface area contributed by atoms with E-state index < -0.39 is 0 Å². The van der Waals surface area contributed by atoms with Gasteiger partial charge in [-0.15, -0.1) is 11.8 Å². The van der Waals surface area contributed by atoms with E-state index >= 15 is 0 Å². The SMILES string of the molecule is C=CC=CCC1=NCC(c2cc(OC)c(O)c(OC)c2)S1. The van der Waals surface area contributed by atoms with Crippen LogP contribution in [0, 0.1) is 0 Å². The van der Waals surface area contributed by atoms with Crippen molar-refractivity contribution < 1.29 is 14.6 Å². The fourth-order valence-corrected chi connectivity index (χ4v) is 3.17. The van der Waals surface area contributed by atoms with Crippen LogP contribution in [0.5, 0.6) is 17.2 Å². The molecule has 1 aliphatic rings. The first-order valence-electron chi connectivity index (χ1n) is 6.62. The van der Waals surface area contributed by atoms with Gasteiger partial charge < -0.3 is 14.6 Å². The van der Waals surface area contributed by atoms with Gasteiger partial charge >= 0.3 is 0 Å². The minimum absolute atomic E-state index is 0.0294. The number of thioether (sulfide) groups is 1. The molecule has 0 aromatic heterocycles. The van der Waals surface area contributed by atoms with E-state index in [0.29, 0.717) is 11.5 Å². The number of benzene rings is 1. The summed E-state index contributed by atoms with van der Waals surface area (Å²) < 4.78 is 10.4. The first-order chi connectivity index (χ1) is 10.2. The van der Waals surface area contributed by atoms with E-state index in [9.17, 15) is 5.11 Å². The first-order valence-corrected chi connectivity index (χ1v) is 7.50. The molecule has 21 heavy (non-hydrogen) atoms. The molecule has 1 aromatic rings. The number of hydrogen-bond donors (Lipinski definition) is 1. The van der Waals surface area contributed by atoms with Gasteiger partial charge in [0.2, 0.25) is 5.75 Å². The third-order valence-corrected chi connectivity index (χ3v) is 4.42.